The number of aliphatic carboxylic acids is 1. The average Bonchev–Trinajstić information content (AvgIpc) is 3.26. The molecule has 0 bridgehead atoms. The van der Waals surface area contributed by atoms with Gasteiger partial charge in [0.25, 0.3) is 5.91 Å². The number of benzene rings is 1. The fourth-order valence-electron chi connectivity index (χ4n) is 2.16. The Bertz CT molecular complexity index is 542. The van der Waals surface area contributed by atoms with Gasteiger partial charge in [-0.1, -0.05) is 30.3 Å². The Hall–Kier alpha value is -2.57. The van der Waals surface area contributed by atoms with Crippen molar-refractivity contribution in [1.82, 2.24) is 10.2 Å². The number of hydrogen-bond acceptors (Lipinski definition) is 3. The van der Waals surface area contributed by atoms with Crippen molar-refractivity contribution in [3.05, 3.63) is 35.9 Å². The van der Waals surface area contributed by atoms with Gasteiger partial charge in [-0.15, -0.1) is 0 Å². The summed E-state index contributed by atoms with van der Waals surface area (Å²) in [5.41, 5.74) is 5.69. The molecule has 21 heavy (non-hydrogen) atoms. The van der Waals surface area contributed by atoms with Crippen LogP contribution >= 0.6 is 0 Å². The van der Waals surface area contributed by atoms with Crippen molar-refractivity contribution in [3.8, 4) is 0 Å². The van der Waals surface area contributed by atoms with E-state index in [-0.39, 0.29) is 12.6 Å². The van der Waals surface area contributed by atoms with Crippen molar-refractivity contribution in [2.75, 3.05) is 6.54 Å². The van der Waals surface area contributed by atoms with Crippen molar-refractivity contribution in [2.45, 2.75) is 24.9 Å². The van der Waals surface area contributed by atoms with E-state index >= 15 is 0 Å². The van der Waals surface area contributed by atoms with Crippen LogP contribution in [-0.2, 0) is 9.59 Å². The summed E-state index contributed by atoms with van der Waals surface area (Å²) in [5.74, 6) is -1.54. The molecule has 1 saturated carbocycles. The highest BCUT2D eigenvalue weighted by Gasteiger charge is 2.37. The first-order valence-corrected chi connectivity index (χ1v) is 6.62. The zero-order valence-electron chi connectivity index (χ0n) is 11.4. The molecule has 0 spiro atoms. The molecular formula is C14H17N3O4. The molecule has 7 heteroatoms. The minimum atomic E-state index is -1.08. The fraction of sp³-hybridized carbons (Fsp3) is 0.357. The predicted molar refractivity (Wildman–Crippen MR) is 74.3 cm³/mol. The molecule has 0 aliphatic heterocycles. The number of amides is 3. The maximum absolute atomic E-state index is 12.6. The summed E-state index contributed by atoms with van der Waals surface area (Å²) in [6.07, 6.45) is 1.55. The third kappa shape index (κ3) is 3.95. The molecule has 112 valence electrons. The van der Waals surface area contributed by atoms with Crippen LogP contribution in [0.3, 0.4) is 0 Å². The number of carboxylic acids is 1. The largest absolute Gasteiger partial charge is 0.480 e. The molecule has 1 aromatic rings. The van der Waals surface area contributed by atoms with E-state index in [2.05, 4.69) is 5.32 Å². The Morgan fingerprint density at radius 3 is 2.38 bits per heavy atom. The molecule has 0 saturated heterocycles. The maximum atomic E-state index is 12.6. The highest BCUT2D eigenvalue weighted by atomic mass is 16.4. The number of rotatable bonds is 6. The third-order valence-corrected chi connectivity index (χ3v) is 3.24. The number of nitrogens with two attached hydrogens (primary N) is 1. The highest BCUT2D eigenvalue weighted by molar-refractivity contribution is 5.90. The Morgan fingerprint density at radius 2 is 1.90 bits per heavy atom. The van der Waals surface area contributed by atoms with Gasteiger partial charge in [0.15, 0.2) is 0 Å². The lowest BCUT2D eigenvalue weighted by atomic mass is 10.1. The summed E-state index contributed by atoms with van der Waals surface area (Å²) in [4.78, 5) is 35.9. The molecule has 0 aromatic heterocycles. The summed E-state index contributed by atoms with van der Waals surface area (Å²) >= 11 is 0. The minimum absolute atomic E-state index is 0.0745. The zero-order chi connectivity index (χ0) is 15.4. The van der Waals surface area contributed by atoms with Gasteiger partial charge in [0.1, 0.15) is 12.6 Å². The normalized spacial score (nSPS) is 15.0. The molecule has 1 aromatic carbocycles. The Balaban J connectivity index is 2.24. The lowest BCUT2D eigenvalue weighted by Crippen LogP contribution is -2.47. The topological polar surface area (TPSA) is 113 Å². The van der Waals surface area contributed by atoms with Gasteiger partial charge in [-0.2, -0.15) is 0 Å². The molecule has 1 fully saturated rings. The van der Waals surface area contributed by atoms with Crippen LogP contribution < -0.4 is 11.1 Å². The number of hydrogen-bond donors (Lipinski definition) is 3. The molecule has 7 nitrogen and oxygen atoms in total. The Morgan fingerprint density at radius 1 is 1.29 bits per heavy atom. The second-order valence-electron chi connectivity index (χ2n) is 4.94. The van der Waals surface area contributed by atoms with Crippen LogP contribution in [0.25, 0.3) is 0 Å². The molecule has 2 rings (SSSR count). The summed E-state index contributed by atoms with van der Waals surface area (Å²) < 4.78 is 0. The fourth-order valence-corrected chi connectivity index (χ4v) is 2.16. The van der Waals surface area contributed by atoms with Crippen LogP contribution in [0, 0.1) is 0 Å². The van der Waals surface area contributed by atoms with Gasteiger partial charge in [-0.05, 0) is 18.4 Å². The zero-order valence-corrected chi connectivity index (χ0v) is 11.4. The monoisotopic (exact) mass is 291 g/mol. The van der Waals surface area contributed by atoms with Crippen LogP contribution in [0.1, 0.15) is 24.4 Å². The summed E-state index contributed by atoms with van der Waals surface area (Å²) in [6.45, 7) is -0.382. The molecule has 1 atom stereocenters. The second-order valence-corrected chi connectivity index (χ2v) is 4.94. The standard InChI is InChI=1S/C14H17N3O4/c15-14(21)16-12(9-4-2-1-3-5-9)13(20)17(8-11(18)19)10-6-7-10/h1-5,10,12H,6-8H2,(H,18,19)(H3,15,16,21). The van der Waals surface area contributed by atoms with Gasteiger partial charge in [-0.25, -0.2) is 4.79 Å². The number of urea groups is 1. The lowest BCUT2D eigenvalue weighted by molar-refractivity contribution is -0.145. The van der Waals surface area contributed by atoms with Gasteiger partial charge in [-0.3, -0.25) is 9.59 Å². The number of carbonyl (C=O) groups is 3. The molecule has 0 heterocycles. The van der Waals surface area contributed by atoms with E-state index in [9.17, 15) is 14.4 Å². The van der Waals surface area contributed by atoms with Crippen LogP contribution in [0.4, 0.5) is 4.79 Å². The average molecular weight is 291 g/mol. The smallest absolute Gasteiger partial charge is 0.323 e. The van der Waals surface area contributed by atoms with Crippen LogP contribution in [0.2, 0.25) is 0 Å². The quantitative estimate of drug-likeness (QED) is 0.707. The number of carboxylic acid groups (broad SMARTS) is 1. The van der Waals surface area contributed by atoms with Crippen LogP contribution in [0.15, 0.2) is 30.3 Å². The van der Waals surface area contributed by atoms with Gasteiger partial charge in [0.05, 0.1) is 0 Å². The molecule has 1 aliphatic rings. The van der Waals surface area contributed by atoms with Gasteiger partial charge >= 0.3 is 12.0 Å². The van der Waals surface area contributed by atoms with E-state index in [0.717, 1.165) is 12.8 Å². The molecule has 0 radical (unpaired) electrons. The SMILES string of the molecule is NC(=O)NC(C(=O)N(CC(=O)O)C1CC1)c1ccccc1. The van der Waals surface area contributed by atoms with E-state index in [4.69, 9.17) is 10.8 Å². The minimum Gasteiger partial charge on any atom is -0.480 e. The first-order valence-electron chi connectivity index (χ1n) is 6.62. The first kappa shape index (κ1) is 14.8. The van der Waals surface area contributed by atoms with Crippen LogP contribution in [-0.4, -0.2) is 40.5 Å². The van der Waals surface area contributed by atoms with E-state index in [0.29, 0.717) is 5.56 Å². The predicted octanol–water partition coefficient (Wildman–Crippen LogP) is 0.472. The number of carbonyl (C=O) groups excluding carboxylic acids is 2. The molecule has 3 amide bonds. The number of primary amides is 1. The van der Waals surface area contributed by atoms with E-state index in [1.165, 1.54) is 4.90 Å². The van der Waals surface area contributed by atoms with E-state index < -0.39 is 23.9 Å². The molecule has 1 unspecified atom stereocenters. The molecule has 1 aliphatic carbocycles. The van der Waals surface area contributed by atoms with E-state index in [1.54, 1.807) is 30.3 Å². The first-order chi connectivity index (χ1) is 9.99. The Labute approximate surface area is 121 Å². The van der Waals surface area contributed by atoms with Crippen molar-refractivity contribution in [1.29, 1.82) is 0 Å². The van der Waals surface area contributed by atoms with Gasteiger partial charge in [0.2, 0.25) is 0 Å². The second kappa shape index (κ2) is 6.25. The van der Waals surface area contributed by atoms with Crippen molar-refractivity contribution >= 4 is 17.9 Å². The van der Waals surface area contributed by atoms with Crippen molar-refractivity contribution < 1.29 is 19.5 Å². The Kier molecular flexibility index (Phi) is 4.42. The lowest BCUT2D eigenvalue weighted by Gasteiger charge is -2.26. The third-order valence-electron chi connectivity index (χ3n) is 3.24. The highest BCUT2D eigenvalue weighted by Crippen LogP contribution is 2.29. The number of nitrogens with one attached hydrogen (secondary N) is 1. The van der Waals surface area contributed by atoms with Crippen molar-refractivity contribution in [3.63, 3.8) is 0 Å². The summed E-state index contributed by atoms with van der Waals surface area (Å²) in [5, 5.41) is 11.3. The van der Waals surface area contributed by atoms with E-state index in [1.807, 2.05) is 0 Å². The molecule has 4 N–H and O–H groups in total. The maximum Gasteiger partial charge on any atom is 0.323 e. The number of nitrogens with zero attached hydrogens (tertiary/aromatic N) is 1. The van der Waals surface area contributed by atoms with Crippen molar-refractivity contribution in [2.24, 2.45) is 5.73 Å². The van der Waals surface area contributed by atoms with Crippen LogP contribution in [0.5, 0.6) is 0 Å². The van der Waals surface area contributed by atoms with Gasteiger partial charge in [0, 0.05) is 6.04 Å². The summed E-state index contributed by atoms with van der Waals surface area (Å²) in [7, 11) is 0. The summed E-state index contributed by atoms with van der Waals surface area (Å²) in [6, 6.07) is 6.75. The molecular weight excluding hydrogens is 274 g/mol. The van der Waals surface area contributed by atoms with Gasteiger partial charge < -0.3 is 21.1 Å².